The topological polar surface area (TPSA) is 20.2 Å². The van der Waals surface area contributed by atoms with E-state index >= 15 is 0 Å². The Morgan fingerprint density at radius 3 is 2.15 bits per heavy atom. The second-order valence-corrected chi connectivity index (χ2v) is 4.41. The summed E-state index contributed by atoms with van der Waals surface area (Å²) in [6.07, 6.45) is 10.3. The summed E-state index contributed by atoms with van der Waals surface area (Å²) in [6, 6.07) is 0. The molecule has 0 aromatic carbocycles. The van der Waals surface area contributed by atoms with Crippen molar-refractivity contribution in [2.24, 2.45) is 0 Å². The van der Waals surface area contributed by atoms with Gasteiger partial charge in [0, 0.05) is 0 Å². The first-order valence-electron chi connectivity index (χ1n) is 5.39. The van der Waals surface area contributed by atoms with E-state index in [1.165, 1.54) is 25.7 Å². The highest BCUT2D eigenvalue weighted by atomic mass is 16.3. The van der Waals surface area contributed by atoms with Gasteiger partial charge in [-0.05, 0) is 33.1 Å². The molecule has 1 nitrogen and oxygen atoms in total. The number of rotatable bonds is 8. The van der Waals surface area contributed by atoms with Crippen LogP contribution in [0.5, 0.6) is 0 Å². The van der Waals surface area contributed by atoms with E-state index in [1.54, 1.807) is 0 Å². The van der Waals surface area contributed by atoms with Crippen molar-refractivity contribution in [1.29, 1.82) is 0 Å². The molecule has 0 bridgehead atoms. The van der Waals surface area contributed by atoms with Crippen molar-refractivity contribution >= 4 is 0 Å². The number of allylic oxidation sites excluding steroid dienone is 1. The van der Waals surface area contributed by atoms with Gasteiger partial charge in [0.15, 0.2) is 0 Å². The van der Waals surface area contributed by atoms with Crippen LogP contribution in [-0.2, 0) is 0 Å². The van der Waals surface area contributed by atoms with Crippen molar-refractivity contribution in [2.45, 2.75) is 64.4 Å². The number of hydrogen-bond donors (Lipinski definition) is 1. The fourth-order valence-corrected chi connectivity index (χ4v) is 1.38. The molecule has 78 valence electrons. The highest BCUT2D eigenvalue weighted by Gasteiger charge is 2.10. The van der Waals surface area contributed by atoms with E-state index in [2.05, 4.69) is 6.58 Å². The zero-order chi connectivity index (χ0) is 10.2. The molecule has 0 spiro atoms. The Morgan fingerprint density at radius 1 is 1.08 bits per heavy atom. The van der Waals surface area contributed by atoms with Crippen LogP contribution in [0.25, 0.3) is 0 Å². The van der Waals surface area contributed by atoms with Gasteiger partial charge in [-0.15, -0.1) is 6.58 Å². The summed E-state index contributed by atoms with van der Waals surface area (Å²) in [5, 5.41) is 9.45. The maximum atomic E-state index is 9.45. The predicted molar refractivity (Wildman–Crippen MR) is 58.8 cm³/mol. The van der Waals surface area contributed by atoms with Crippen LogP contribution in [0.4, 0.5) is 0 Å². The first-order chi connectivity index (χ1) is 6.06. The molecular formula is C12H24O. The molecule has 0 aliphatic rings. The molecule has 0 aliphatic heterocycles. The Morgan fingerprint density at radius 2 is 1.62 bits per heavy atom. The summed E-state index contributed by atoms with van der Waals surface area (Å²) < 4.78 is 0. The lowest BCUT2D eigenvalue weighted by atomic mass is 10.00. The molecule has 0 fully saturated rings. The average molecular weight is 184 g/mol. The first kappa shape index (κ1) is 12.7. The van der Waals surface area contributed by atoms with Crippen LogP contribution in [0.2, 0.25) is 0 Å². The molecule has 0 saturated heterocycles. The van der Waals surface area contributed by atoms with Crippen molar-refractivity contribution in [1.82, 2.24) is 0 Å². The Bertz CT molecular complexity index is 122. The molecule has 1 heteroatoms. The Kier molecular flexibility index (Phi) is 6.97. The van der Waals surface area contributed by atoms with Crippen molar-refractivity contribution in [3.63, 3.8) is 0 Å². The van der Waals surface area contributed by atoms with E-state index < -0.39 is 5.60 Å². The van der Waals surface area contributed by atoms with Crippen LogP contribution in [0.15, 0.2) is 12.7 Å². The summed E-state index contributed by atoms with van der Waals surface area (Å²) in [4.78, 5) is 0. The predicted octanol–water partition coefficient (Wildman–Crippen LogP) is 3.67. The molecule has 0 radical (unpaired) electrons. The lowest BCUT2D eigenvalue weighted by Gasteiger charge is -2.16. The second-order valence-electron chi connectivity index (χ2n) is 4.41. The quantitative estimate of drug-likeness (QED) is 0.451. The number of aliphatic hydroxyl groups is 1. The van der Waals surface area contributed by atoms with Gasteiger partial charge in [-0.25, -0.2) is 0 Å². The molecule has 1 N–H and O–H groups in total. The minimum Gasteiger partial charge on any atom is -0.390 e. The smallest absolute Gasteiger partial charge is 0.0591 e. The molecule has 0 aromatic heterocycles. The van der Waals surface area contributed by atoms with Crippen LogP contribution >= 0.6 is 0 Å². The van der Waals surface area contributed by atoms with Crippen LogP contribution in [0, 0.1) is 0 Å². The summed E-state index contributed by atoms with van der Waals surface area (Å²) >= 11 is 0. The Hall–Kier alpha value is -0.300. The van der Waals surface area contributed by atoms with Crippen molar-refractivity contribution < 1.29 is 5.11 Å². The minimum absolute atomic E-state index is 0.471. The SMILES string of the molecule is C=CCCCCCCCC(C)(C)O. The zero-order valence-corrected chi connectivity index (χ0v) is 9.18. The molecule has 0 saturated carbocycles. The van der Waals surface area contributed by atoms with Crippen molar-refractivity contribution in [2.75, 3.05) is 0 Å². The highest BCUT2D eigenvalue weighted by molar-refractivity contribution is 4.66. The van der Waals surface area contributed by atoms with Gasteiger partial charge >= 0.3 is 0 Å². The fourth-order valence-electron chi connectivity index (χ4n) is 1.38. The zero-order valence-electron chi connectivity index (χ0n) is 9.18. The molecular weight excluding hydrogens is 160 g/mol. The van der Waals surface area contributed by atoms with Gasteiger partial charge in [-0.2, -0.15) is 0 Å². The molecule has 0 atom stereocenters. The molecule has 0 aromatic rings. The molecule has 0 amide bonds. The largest absolute Gasteiger partial charge is 0.390 e. The third-order valence-corrected chi connectivity index (χ3v) is 2.20. The van der Waals surface area contributed by atoms with Crippen molar-refractivity contribution in [3.05, 3.63) is 12.7 Å². The lowest BCUT2D eigenvalue weighted by molar-refractivity contribution is 0.0680. The number of unbranched alkanes of at least 4 members (excludes halogenated alkanes) is 5. The van der Waals surface area contributed by atoms with Gasteiger partial charge in [0.25, 0.3) is 0 Å². The van der Waals surface area contributed by atoms with Gasteiger partial charge in [-0.1, -0.05) is 31.8 Å². The monoisotopic (exact) mass is 184 g/mol. The fraction of sp³-hybridized carbons (Fsp3) is 0.833. The van der Waals surface area contributed by atoms with Crippen molar-refractivity contribution in [3.8, 4) is 0 Å². The third-order valence-electron chi connectivity index (χ3n) is 2.20. The molecule has 0 unspecified atom stereocenters. The van der Waals surface area contributed by atoms with E-state index in [-0.39, 0.29) is 0 Å². The second kappa shape index (κ2) is 7.14. The lowest BCUT2D eigenvalue weighted by Crippen LogP contribution is -2.17. The van der Waals surface area contributed by atoms with E-state index in [0.29, 0.717) is 0 Å². The minimum atomic E-state index is -0.471. The molecule has 13 heavy (non-hydrogen) atoms. The summed E-state index contributed by atoms with van der Waals surface area (Å²) in [7, 11) is 0. The normalized spacial score (nSPS) is 11.6. The van der Waals surface area contributed by atoms with E-state index in [0.717, 1.165) is 19.3 Å². The third kappa shape index (κ3) is 11.7. The summed E-state index contributed by atoms with van der Waals surface area (Å²) in [6.45, 7) is 7.45. The average Bonchev–Trinajstić information content (AvgIpc) is 2.01. The van der Waals surface area contributed by atoms with Crippen LogP contribution in [-0.4, -0.2) is 10.7 Å². The summed E-state index contributed by atoms with van der Waals surface area (Å²) in [5.41, 5.74) is -0.471. The standard InChI is InChI=1S/C12H24O/c1-4-5-6-7-8-9-10-11-12(2,3)13/h4,13H,1,5-11H2,2-3H3. The van der Waals surface area contributed by atoms with Crippen LogP contribution in [0.1, 0.15) is 58.8 Å². The first-order valence-corrected chi connectivity index (χ1v) is 5.39. The Labute approximate surface area is 82.9 Å². The molecule has 0 heterocycles. The van der Waals surface area contributed by atoms with E-state index in [1.807, 2.05) is 19.9 Å². The summed E-state index contributed by atoms with van der Waals surface area (Å²) in [5.74, 6) is 0. The highest BCUT2D eigenvalue weighted by Crippen LogP contribution is 2.14. The maximum Gasteiger partial charge on any atom is 0.0591 e. The maximum absolute atomic E-state index is 9.45. The van der Waals surface area contributed by atoms with E-state index in [4.69, 9.17) is 0 Å². The molecule has 0 aliphatic carbocycles. The molecule has 0 rings (SSSR count). The van der Waals surface area contributed by atoms with Gasteiger partial charge in [0.2, 0.25) is 0 Å². The van der Waals surface area contributed by atoms with Crippen LogP contribution in [0.3, 0.4) is 0 Å². The number of hydrogen-bond acceptors (Lipinski definition) is 1. The van der Waals surface area contributed by atoms with Gasteiger partial charge < -0.3 is 5.11 Å². The van der Waals surface area contributed by atoms with Gasteiger partial charge in [0.1, 0.15) is 0 Å². The van der Waals surface area contributed by atoms with Gasteiger partial charge in [0.05, 0.1) is 5.60 Å². The Balaban J connectivity index is 3.04. The van der Waals surface area contributed by atoms with Gasteiger partial charge in [-0.3, -0.25) is 0 Å². The van der Waals surface area contributed by atoms with E-state index in [9.17, 15) is 5.11 Å². The van der Waals surface area contributed by atoms with Crippen LogP contribution < -0.4 is 0 Å².